The molecule has 1 atom stereocenters. The Morgan fingerprint density at radius 3 is 2.34 bits per heavy atom. The van der Waals surface area contributed by atoms with Crippen LogP contribution in [-0.2, 0) is 6.54 Å². The van der Waals surface area contributed by atoms with Crippen molar-refractivity contribution in [3.63, 3.8) is 0 Å². The number of aromatic nitrogens is 2. The fourth-order valence-corrected chi connectivity index (χ4v) is 3.44. The van der Waals surface area contributed by atoms with Crippen molar-refractivity contribution in [1.29, 1.82) is 0 Å². The van der Waals surface area contributed by atoms with Gasteiger partial charge in [-0.15, -0.1) is 0 Å². The lowest BCUT2D eigenvalue weighted by atomic mass is 10.1. The van der Waals surface area contributed by atoms with Crippen molar-refractivity contribution in [2.45, 2.75) is 32.9 Å². The van der Waals surface area contributed by atoms with Crippen LogP contribution in [0.2, 0.25) is 0 Å². The summed E-state index contributed by atoms with van der Waals surface area (Å²) in [5, 5.41) is 3.04. The number of para-hydroxylation sites is 2. The van der Waals surface area contributed by atoms with Crippen LogP contribution in [-0.4, -0.2) is 36.8 Å². The van der Waals surface area contributed by atoms with Gasteiger partial charge in [0.1, 0.15) is 5.82 Å². The van der Waals surface area contributed by atoms with Crippen molar-refractivity contribution in [3.8, 4) is 17.2 Å². The highest BCUT2D eigenvalue weighted by Gasteiger charge is 2.21. The molecule has 7 heteroatoms. The fraction of sp³-hybridized carbons (Fsp3) is 0.364. The third kappa shape index (κ3) is 3.99. The first-order valence-corrected chi connectivity index (χ1v) is 9.60. The lowest BCUT2D eigenvalue weighted by molar-refractivity contribution is 0.0937. The van der Waals surface area contributed by atoms with Crippen LogP contribution in [0.5, 0.6) is 17.2 Å². The highest BCUT2D eigenvalue weighted by molar-refractivity contribution is 5.96. The summed E-state index contributed by atoms with van der Waals surface area (Å²) in [4.78, 5) is 17.7. The molecule has 154 valence electrons. The van der Waals surface area contributed by atoms with Gasteiger partial charge in [-0.05, 0) is 37.6 Å². The van der Waals surface area contributed by atoms with Gasteiger partial charge in [0, 0.05) is 12.1 Å². The molecular formula is C22H27N3O4. The minimum absolute atomic E-state index is 0.244. The van der Waals surface area contributed by atoms with Crippen molar-refractivity contribution in [1.82, 2.24) is 14.9 Å². The third-order valence-corrected chi connectivity index (χ3v) is 4.79. The minimum Gasteiger partial charge on any atom is -0.493 e. The first kappa shape index (κ1) is 20.5. The van der Waals surface area contributed by atoms with Crippen LogP contribution in [0.4, 0.5) is 0 Å². The molecular weight excluding hydrogens is 370 g/mol. The molecule has 0 spiro atoms. The molecule has 0 aliphatic carbocycles. The van der Waals surface area contributed by atoms with Crippen LogP contribution in [0.25, 0.3) is 11.0 Å². The Hall–Kier alpha value is -3.22. The van der Waals surface area contributed by atoms with Gasteiger partial charge < -0.3 is 24.1 Å². The maximum atomic E-state index is 12.9. The van der Waals surface area contributed by atoms with E-state index in [1.807, 2.05) is 25.1 Å². The van der Waals surface area contributed by atoms with Crippen molar-refractivity contribution < 1.29 is 19.0 Å². The Balaban J connectivity index is 1.92. The Bertz CT molecular complexity index is 987. The smallest absolute Gasteiger partial charge is 0.252 e. The van der Waals surface area contributed by atoms with Crippen LogP contribution >= 0.6 is 0 Å². The maximum Gasteiger partial charge on any atom is 0.252 e. The average Bonchev–Trinajstić information content (AvgIpc) is 3.11. The first-order valence-electron chi connectivity index (χ1n) is 9.60. The number of hydrogen-bond donors (Lipinski definition) is 1. The molecule has 0 fully saturated rings. The number of rotatable bonds is 8. The van der Waals surface area contributed by atoms with Crippen LogP contribution in [0.1, 0.15) is 42.5 Å². The maximum absolute atomic E-state index is 12.9. The van der Waals surface area contributed by atoms with E-state index in [-0.39, 0.29) is 11.9 Å². The van der Waals surface area contributed by atoms with Crippen molar-refractivity contribution in [2.24, 2.45) is 0 Å². The third-order valence-electron chi connectivity index (χ3n) is 4.79. The molecule has 0 saturated carbocycles. The topological polar surface area (TPSA) is 74.6 Å². The molecule has 0 unspecified atom stereocenters. The molecule has 3 aromatic rings. The largest absolute Gasteiger partial charge is 0.493 e. The predicted octanol–water partition coefficient (Wildman–Crippen LogP) is 3.96. The molecule has 0 aliphatic rings. The number of hydrogen-bond acceptors (Lipinski definition) is 5. The molecule has 3 rings (SSSR count). The Morgan fingerprint density at radius 1 is 1.10 bits per heavy atom. The number of carbonyl (C=O) groups is 1. The Kier molecular flexibility index (Phi) is 6.26. The Labute approximate surface area is 170 Å². The van der Waals surface area contributed by atoms with Gasteiger partial charge in [-0.1, -0.05) is 19.1 Å². The summed E-state index contributed by atoms with van der Waals surface area (Å²) in [6, 6.07) is 11.0. The second-order valence-corrected chi connectivity index (χ2v) is 6.72. The molecule has 0 bridgehead atoms. The van der Waals surface area contributed by atoms with Crippen molar-refractivity contribution in [2.75, 3.05) is 21.3 Å². The van der Waals surface area contributed by atoms with E-state index in [0.29, 0.717) is 22.8 Å². The Morgan fingerprint density at radius 2 is 1.76 bits per heavy atom. The van der Waals surface area contributed by atoms with E-state index in [1.54, 1.807) is 12.1 Å². The van der Waals surface area contributed by atoms with Crippen molar-refractivity contribution >= 4 is 16.9 Å². The predicted molar refractivity (Wildman–Crippen MR) is 112 cm³/mol. The number of imidazole rings is 1. The lowest BCUT2D eigenvalue weighted by Gasteiger charge is -2.17. The normalized spacial score (nSPS) is 11.9. The summed E-state index contributed by atoms with van der Waals surface area (Å²) in [5.41, 5.74) is 2.41. The second kappa shape index (κ2) is 8.86. The SMILES string of the molecule is CCCn1c([C@@H](C)NC(=O)c2cc(OC)c(OC)c(OC)c2)nc2ccccc21. The number of ether oxygens (including phenoxy) is 3. The molecule has 29 heavy (non-hydrogen) atoms. The van der Waals surface area contributed by atoms with Crippen molar-refractivity contribution in [3.05, 3.63) is 47.8 Å². The molecule has 7 nitrogen and oxygen atoms in total. The molecule has 0 radical (unpaired) electrons. The standard InChI is InChI=1S/C22H27N3O4/c1-6-11-25-17-10-8-7-9-16(17)24-21(25)14(2)23-22(26)15-12-18(27-3)20(29-5)19(13-15)28-4/h7-10,12-14H,6,11H2,1-5H3,(H,23,26)/t14-/m1/s1. The van der Waals surface area contributed by atoms with E-state index >= 15 is 0 Å². The number of methoxy groups -OCH3 is 3. The van der Waals surface area contributed by atoms with Crippen LogP contribution in [0.15, 0.2) is 36.4 Å². The summed E-state index contributed by atoms with van der Waals surface area (Å²) < 4.78 is 18.2. The van der Waals surface area contributed by atoms with E-state index < -0.39 is 0 Å². The molecule has 1 N–H and O–H groups in total. The van der Waals surface area contributed by atoms with E-state index in [0.717, 1.165) is 29.8 Å². The highest BCUT2D eigenvalue weighted by atomic mass is 16.5. The molecule has 2 aromatic carbocycles. The van der Waals surface area contributed by atoms with Gasteiger partial charge in [0.15, 0.2) is 11.5 Å². The zero-order valence-electron chi connectivity index (χ0n) is 17.5. The van der Waals surface area contributed by atoms with E-state index in [9.17, 15) is 4.79 Å². The first-order chi connectivity index (χ1) is 14.0. The van der Waals surface area contributed by atoms with E-state index in [2.05, 4.69) is 22.9 Å². The molecule has 0 aliphatic heterocycles. The molecule has 1 heterocycles. The number of nitrogens with one attached hydrogen (secondary N) is 1. The van der Waals surface area contributed by atoms with Gasteiger partial charge >= 0.3 is 0 Å². The number of fused-ring (bicyclic) bond motifs is 1. The monoisotopic (exact) mass is 397 g/mol. The summed E-state index contributed by atoms with van der Waals surface area (Å²) in [6.45, 7) is 4.89. The minimum atomic E-state index is -0.277. The highest BCUT2D eigenvalue weighted by Crippen LogP contribution is 2.38. The van der Waals surface area contributed by atoms with Crippen LogP contribution in [0.3, 0.4) is 0 Å². The van der Waals surface area contributed by atoms with E-state index in [4.69, 9.17) is 19.2 Å². The fourth-order valence-electron chi connectivity index (χ4n) is 3.44. The summed E-state index contributed by atoms with van der Waals surface area (Å²) in [7, 11) is 4.57. The van der Waals surface area contributed by atoms with Gasteiger partial charge in [0.05, 0.1) is 38.4 Å². The van der Waals surface area contributed by atoms with Gasteiger partial charge in [0.2, 0.25) is 5.75 Å². The van der Waals surface area contributed by atoms with Crippen LogP contribution < -0.4 is 19.5 Å². The molecule has 0 saturated heterocycles. The summed E-state index contributed by atoms with van der Waals surface area (Å²) in [6.07, 6.45) is 0.973. The van der Waals surface area contributed by atoms with Gasteiger partial charge in [0.25, 0.3) is 5.91 Å². The second-order valence-electron chi connectivity index (χ2n) is 6.72. The lowest BCUT2D eigenvalue weighted by Crippen LogP contribution is -2.28. The molecule has 1 amide bonds. The van der Waals surface area contributed by atoms with E-state index in [1.165, 1.54) is 21.3 Å². The zero-order valence-corrected chi connectivity index (χ0v) is 17.5. The number of carbonyl (C=O) groups excluding carboxylic acids is 1. The number of amides is 1. The summed E-state index contributed by atoms with van der Waals surface area (Å²) in [5.74, 6) is 1.90. The number of nitrogens with zero attached hydrogens (tertiary/aromatic N) is 2. The molecule has 1 aromatic heterocycles. The zero-order chi connectivity index (χ0) is 21.0. The quantitative estimate of drug-likeness (QED) is 0.623. The summed E-state index contributed by atoms with van der Waals surface area (Å²) >= 11 is 0. The average molecular weight is 397 g/mol. The van der Waals surface area contributed by atoms with Gasteiger partial charge in [-0.25, -0.2) is 4.98 Å². The number of aryl methyl sites for hydroxylation is 1. The van der Waals surface area contributed by atoms with Crippen LogP contribution in [0, 0.1) is 0 Å². The van der Waals surface area contributed by atoms with Gasteiger partial charge in [-0.3, -0.25) is 4.79 Å². The van der Waals surface area contributed by atoms with Gasteiger partial charge in [-0.2, -0.15) is 0 Å². The number of benzene rings is 2.